The largest absolute Gasteiger partial charge is 0.396 e. The molecular weight excluding hydrogens is 360 g/mol. The van der Waals surface area contributed by atoms with Crippen LogP contribution in [0.25, 0.3) is 0 Å². The Hall–Kier alpha value is 0.0169. The molecule has 4 atom stereocenters. The maximum atomic E-state index is 10.4. The van der Waals surface area contributed by atoms with E-state index in [2.05, 4.69) is 41.5 Å². The van der Waals surface area contributed by atoms with Crippen LogP contribution < -0.4 is 0 Å². The van der Waals surface area contributed by atoms with Crippen LogP contribution in [0.1, 0.15) is 60.8 Å². The Morgan fingerprint density at radius 2 is 1.41 bits per heavy atom. The van der Waals surface area contributed by atoms with Crippen LogP contribution in [0.4, 0.5) is 0 Å². The van der Waals surface area contributed by atoms with Crippen LogP contribution in [0, 0.1) is 23.7 Å². The highest BCUT2D eigenvalue weighted by Crippen LogP contribution is 2.38. The SMILES string of the molecule is COCC(C1CCC(O)C(OCC(C)C)C1)[SiH](OCC(C)C)OCC(C)C. The smallest absolute Gasteiger partial charge is 0.327 e. The highest BCUT2D eigenvalue weighted by molar-refractivity contribution is 6.46. The summed E-state index contributed by atoms with van der Waals surface area (Å²) in [6.45, 7) is 15.8. The number of rotatable bonds is 13. The van der Waals surface area contributed by atoms with E-state index in [-0.39, 0.29) is 17.7 Å². The molecule has 0 heterocycles. The molecule has 0 radical (unpaired) electrons. The summed E-state index contributed by atoms with van der Waals surface area (Å²) >= 11 is 0. The van der Waals surface area contributed by atoms with E-state index in [4.69, 9.17) is 18.3 Å². The molecule has 5 nitrogen and oxygen atoms in total. The van der Waals surface area contributed by atoms with E-state index in [1.807, 2.05) is 0 Å². The minimum atomic E-state index is -1.90. The van der Waals surface area contributed by atoms with Crippen LogP contribution in [0.5, 0.6) is 0 Å². The monoisotopic (exact) mass is 404 g/mol. The van der Waals surface area contributed by atoms with Crippen molar-refractivity contribution < 1.29 is 23.4 Å². The summed E-state index contributed by atoms with van der Waals surface area (Å²) in [5, 5.41) is 10.4. The zero-order valence-corrected chi connectivity index (χ0v) is 19.8. The molecular formula is C21H44O5Si. The van der Waals surface area contributed by atoms with Crippen molar-refractivity contribution in [2.75, 3.05) is 33.5 Å². The Morgan fingerprint density at radius 1 is 0.852 bits per heavy atom. The van der Waals surface area contributed by atoms with E-state index in [1.165, 1.54) is 0 Å². The van der Waals surface area contributed by atoms with Crippen molar-refractivity contribution in [3.05, 3.63) is 0 Å². The van der Waals surface area contributed by atoms with E-state index >= 15 is 0 Å². The Balaban J connectivity index is 2.82. The molecule has 27 heavy (non-hydrogen) atoms. The van der Waals surface area contributed by atoms with Crippen LogP contribution in [-0.4, -0.2) is 60.1 Å². The first-order chi connectivity index (χ1) is 12.7. The van der Waals surface area contributed by atoms with Gasteiger partial charge in [-0.15, -0.1) is 0 Å². The Morgan fingerprint density at radius 3 is 1.89 bits per heavy atom. The molecule has 1 aliphatic rings. The first-order valence-electron chi connectivity index (χ1n) is 10.8. The van der Waals surface area contributed by atoms with E-state index < -0.39 is 9.28 Å². The first-order valence-corrected chi connectivity index (χ1v) is 12.4. The number of methoxy groups -OCH3 is 1. The lowest BCUT2D eigenvalue weighted by atomic mass is 9.83. The quantitative estimate of drug-likeness (QED) is 0.474. The number of hydrogen-bond acceptors (Lipinski definition) is 5. The zero-order chi connectivity index (χ0) is 20.4. The summed E-state index contributed by atoms with van der Waals surface area (Å²) < 4.78 is 24.2. The van der Waals surface area contributed by atoms with Gasteiger partial charge in [0.15, 0.2) is 0 Å². The summed E-state index contributed by atoms with van der Waals surface area (Å²) in [5.41, 5.74) is 0.283. The fourth-order valence-electron chi connectivity index (χ4n) is 3.53. The molecule has 0 amide bonds. The van der Waals surface area contributed by atoms with Gasteiger partial charge in [-0.3, -0.25) is 0 Å². The molecule has 0 aromatic heterocycles. The molecule has 4 unspecified atom stereocenters. The van der Waals surface area contributed by atoms with Crippen molar-refractivity contribution in [3.8, 4) is 0 Å². The molecule has 1 N–H and O–H groups in total. The fourth-order valence-corrected chi connectivity index (χ4v) is 6.41. The Bertz CT molecular complexity index is 366. The van der Waals surface area contributed by atoms with E-state index in [9.17, 15) is 5.11 Å². The third-order valence-corrected chi connectivity index (χ3v) is 7.42. The summed E-state index contributed by atoms with van der Waals surface area (Å²) in [5.74, 6) is 1.86. The molecule has 1 saturated carbocycles. The number of hydrogen-bond donors (Lipinski definition) is 1. The normalized spacial score (nSPS) is 25.1. The van der Waals surface area contributed by atoms with Crippen LogP contribution in [0.15, 0.2) is 0 Å². The first kappa shape index (κ1) is 25.1. The van der Waals surface area contributed by atoms with Crippen LogP contribution in [0.2, 0.25) is 5.54 Å². The second-order valence-electron chi connectivity index (χ2n) is 9.35. The average molecular weight is 405 g/mol. The third kappa shape index (κ3) is 9.86. The van der Waals surface area contributed by atoms with Crippen molar-refractivity contribution in [1.29, 1.82) is 0 Å². The lowest BCUT2D eigenvalue weighted by molar-refractivity contribution is -0.0816. The predicted octanol–water partition coefficient (Wildman–Crippen LogP) is 3.77. The van der Waals surface area contributed by atoms with Gasteiger partial charge in [-0.05, 0) is 42.9 Å². The van der Waals surface area contributed by atoms with Crippen LogP contribution in [-0.2, 0) is 18.3 Å². The van der Waals surface area contributed by atoms with Crippen molar-refractivity contribution >= 4 is 9.28 Å². The summed E-state index contributed by atoms with van der Waals surface area (Å²) in [7, 11) is -0.144. The second kappa shape index (κ2) is 13.3. The number of aliphatic hydroxyl groups excluding tert-OH is 1. The molecule has 1 aliphatic carbocycles. The maximum Gasteiger partial charge on any atom is 0.327 e. The van der Waals surface area contributed by atoms with Gasteiger partial charge in [0.25, 0.3) is 0 Å². The Kier molecular flexibility index (Phi) is 12.3. The molecule has 1 rings (SSSR count). The van der Waals surface area contributed by atoms with Gasteiger partial charge in [0.2, 0.25) is 0 Å². The van der Waals surface area contributed by atoms with Gasteiger partial charge in [-0.2, -0.15) is 0 Å². The molecule has 0 spiro atoms. The minimum absolute atomic E-state index is 0.0876. The molecule has 0 saturated heterocycles. The van der Waals surface area contributed by atoms with Gasteiger partial charge < -0.3 is 23.4 Å². The Labute approximate surface area is 169 Å². The molecule has 0 aromatic rings. The summed E-state index contributed by atoms with van der Waals surface area (Å²) in [4.78, 5) is 0. The fraction of sp³-hybridized carbons (Fsp3) is 1.00. The van der Waals surface area contributed by atoms with E-state index in [0.29, 0.717) is 36.9 Å². The van der Waals surface area contributed by atoms with Gasteiger partial charge in [0.1, 0.15) is 0 Å². The number of ether oxygens (including phenoxy) is 2. The lowest BCUT2D eigenvalue weighted by Crippen LogP contribution is -2.43. The topological polar surface area (TPSA) is 57.2 Å². The van der Waals surface area contributed by atoms with Crippen molar-refractivity contribution in [1.82, 2.24) is 0 Å². The molecule has 0 aromatic carbocycles. The highest BCUT2D eigenvalue weighted by atomic mass is 28.3. The van der Waals surface area contributed by atoms with Gasteiger partial charge >= 0.3 is 9.28 Å². The molecule has 1 fully saturated rings. The molecule has 0 bridgehead atoms. The van der Waals surface area contributed by atoms with E-state index in [1.54, 1.807) is 7.11 Å². The molecule has 6 heteroatoms. The van der Waals surface area contributed by atoms with Crippen molar-refractivity contribution in [2.45, 2.75) is 78.6 Å². The molecule has 162 valence electrons. The standard InChI is InChI=1S/C21H44O5Si/c1-15(2)11-24-20-10-18(8-9-19(20)22)21(14-23-7)27(25-12-16(3)4)26-13-17(5)6/h15-22,27H,8-14H2,1-7H3. The lowest BCUT2D eigenvalue weighted by Gasteiger charge is -2.39. The maximum absolute atomic E-state index is 10.4. The van der Waals surface area contributed by atoms with Crippen LogP contribution in [0.3, 0.4) is 0 Å². The number of aliphatic hydroxyl groups is 1. The second-order valence-corrected chi connectivity index (χ2v) is 11.6. The van der Waals surface area contributed by atoms with Gasteiger partial charge in [-0.1, -0.05) is 41.5 Å². The van der Waals surface area contributed by atoms with Crippen molar-refractivity contribution in [2.24, 2.45) is 23.7 Å². The zero-order valence-electron chi connectivity index (χ0n) is 18.6. The van der Waals surface area contributed by atoms with Crippen molar-refractivity contribution in [3.63, 3.8) is 0 Å². The average Bonchev–Trinajstić information content (AvgIpc) is 2.59. The van der Waals surface area contributed by atoms with Gasteiger partial charge in [0.05, 0.1) is 18.8 Å². The van der Waals surface area contributed by atoms with Gasteiger partial charge in [-0.25, -0.2) is 0 Å². The van der Waals surface area contributed by atoms with E-state index in [0.717, 1.165) is 32.5 Å². The third-order valence-electron chi connectivity index (χ3n) is 4.94. The van der Waals surface area contributed by atoms with Gasteiger partial charge in [0, 0.05) is 32.5 Å². The summed E-state index contributed by atoms with van der Waals surface area (Å²) in [6.07, 6.45) is 2.17. The molecule has 0 aliphatic heterocycles. The highest BCUT2D eigenvalue weighted by Gasteiger charge is 2.40. The van der Waals surface area contributed by atoms with Crippen LogP contribution >= 0.6 is 0 Å². The summed E-state index contributed by atoms with van der Waals surface area (Å²) in [6, 6.07) is 0. The predicted molar refractivity (Wildman–Crippen MR) is 112 cm³/mol. The minimum Gasteiger partial charge on any atom is -0.396 e.